The summed E-state index contributed by atoms with van der Waals surface area (Å²) >= 11 is 19.0. The fourth-order valence-electron chi connectivity index (χ4n) is 19.1. The number of aryl methyl sites for hydroxylation is 8. The smallest absolute Gasteiger partial charge is 0.123 e. The van der Waals surface area contributed by atoms with Crippen molar-refractivity contribution in [2.45, 2.75) is 173 Å². The van der Waals surface area contributed by atoms with E-state index in [1.54, 1.807) is 47.7 Å². The van der Waals surface area contributed by atoms with Crippen LogP contribution in [-0.2, 0) is 97.2 Å². The zero-order valence-corrected chi connectivity index (χ0v) is 60.5. The first kappa shape index (κ1) is 67.6. The maximum absolute atomic E-state index is 13.2. The molecule has 14 heteroatoms. The molecule has 0 spiro atoms. The first-order chi connectivity index (χ1) is 50.0. The largest absolute Gasteiger partial charge is 0.344 e. The fourth-order valence-corrected chi connectivity index (χ4v) is 19.7. The van der Waals surface area contributed by atoms with Crippen molar-refractivity contribution in [3.8, 4) is 0 Å². The molecule has 4 aromatic heterocycles. The molecular formula is C88H90Cl3F3N8. The number of nitrogens with zero attached hydrogens (tertiary/aromatic N) is 8. The highest BCUT2D eigenvalue weighted by Gasteiger charge is 2.38. The Kier molecular flexibility index (Phi) is 19.6. The van der Waals surface area contributed by atoms with E-state index in [9.17, 15) is 13.2 Å². The average molecular weight is 1420 g/mol. The van der Waals surface area contributed by atoms with E-state index in [-0.39, 0.29) is 17.5 Å². The molecule has 0 N–H and O–H groups in total. The first-order valence-electron chi connectivity index (χ1n) is 37.7. The molecule has 102 heavy (non-hydrogen) atoms. The SMILES string of the molecule is Fc1ccc(CCn2c3c(c4cc(Cl)ccc42)C2CCCN2CC3)cc1.Fc1ccc(CCn2c3c(c4cc(Cl)ccc42)CN2CCCC2C3)cc1.Fc1ccc(CCn2c3c(c4cc(Cl)ccc42)CN2CCCC2C3)cc1.c1ccc(CCn2c3c(c4ccccc42)CN2CCCC2C3)cc1. The minimum absolute atomic E-state index is 0.173. The molecule has 8 nitrogen and oxygen atoms in total. The number of hydrogen-bond acceptors (Lipinski definition) is 4. The average Bonchev–Trinajstić information content (AvgIpc) is 1.60. The highest BCUT2D eigenvalue weighted by atomic mass is 35.5. The summed E-state index contributed by atoms with van der Waals surface area (Å²) in [4.78, 5) is 10.6. The number of hydrogen-bond donors (Lipinski definition) is 0. The third kappa shape index (κ3) is 13.7. The summed E-state index contributed by atoms with van der Waals surface area (Å²) in [5.74, 6) is -0.518. The van der Waals surface area contributed by atoms with Gasteiger partial charge in [-0.2, -0.15) is 0 Å². The lowest BCUT2D eigenvalue weighted by atomic mass is 9.96. The van der Waals surface area contributed by atoms with Gasteiger partial charge >= 0.3 is 0 Å². The molecule has 8 aromatic carbocycles. The highest BCUT2D eigenvalue weighted by Crippen LogP contribution is 2.45. The lowest BCUT2D eigenvalue weighted by molar-refractivity contribution is 0.224. The molecule has 4 unspecified atom stereocenters. The van der Waals surface area contributed by atoms with Crippen LogP contribution in [0, 0.1) is 17.5 Å². The summed E-state index contributed by atoms with van der Waals surface area (Å²) in [6.45, 7) is 13.2. The molecule has 4 fully saturated rings. The van der Waals surface area contributed by atoms with E-state index in [1.165, 1.54) is 184 Å². The number of para-hydroxylation sites is 1. The Morgan fingerprint density at radius 3 is 1.13 bits per heavy atom. The maximum Gasteiger partial charge on any atom is 0.123 e. The number of halogens is 6. The second-order valence-electron chi connectivity index (χ2n) is 30.0. The van der Waals surface area contributed by atoms with Crippen molar-refractivity contribution in [2.75, 3.05) is 32.7 Å². The van der Waals surface area contributed by atoms with Crippen LogP contribution in [0.5, 0.6) is 0 Å². The van der Waals surface area contributed by atoms with Gasteiger partial charge < -0.3 is 18.3 Å². The molecule has 12 aromatic rings. The van der Waals surface area contributed by atoms with Gasteiger partial charge in [-0.15, -0.1) is 0 Å². The minimum atomic E-state index is -0.173. The molecule has 0 amide bonds. The monoisotopic (exact) mass is 1420 g/mol. The number of aromatic nitrogens is 4. The maximum atomic E-state index is 13.2. The topological polar surface area (TPSA) is 32.7 Å². The Labute approximate surface area is 612 Å². The molecule has 0 radical (unpaired) electrons. The molecule has 4 saturated heterocycles. The van der Waals surface area contributed by atoms with Crippen molar-refractivity contribution < 1.29 is 13.2 Å². The van der Waals surface area contributed by atoms with E-state index >= 15 is 0 Å². The van der Waals surface area contributed by atoms with Gasteiger partial charge in [0.2, 0.25) is 0 Å². The fraction of sp³-hybridized carbons (Fsp3) is 0.364. The predicted octanol–water partition coefficient (Wildman–Crippen LogP) is 20.2. The van der Waals surface area contributed by atoms with E-state index in [4.69, 9.17) is 34.8 Å². The van der Waals surface area contributed by atoms with Gasteiger partial charge in [0.25, 0.3) is 0 Å². The van der Waals surface area contributed by atoms with Gasteiger partial charge in [-0.3, -0.25) is 19.6 Å². The van der Waals surface area contributed by atoms with E-state index < -0.39 is 0 Å². The van der Waals surface area contributed by atoms with Crippen LogP contribution >= 0.6 is 34.8 Å². The standard InChI is InChI=1S/3C22H22ClFN2.C22H24N2/c23-16-5-8-19-18(14-16)22-20-2-1-11-25(20)12-10-21(22)26(19)13-9-15-3-6-17(24)7-4-15;2*23-16-5-8-21-19(12-16)20-14-25-10-1-2-18(25)13-22(20)26(21)11-9-15-3-6-17(24)7-4-15;1-2-7-17(8-3-1)12-14-24-21-11-5-4-10-19(21)20-16-23-13-6-9-18(23)15-22(20)24/h3-8,14,20H,1-2,9-13H2;2*3-8,12,18H,1-2,9-11,13-14H2;1-5,7-8,10-11,18H,6,9,12-16H2. The number of benzene rings is 8. The van der Waals surface area contributed by atoms with Crippen LogP contribution in [0.2, 0.25) is 15.1 Å². The third-order valence-corrected chi connectivity index (χ3v) is 24.9. The predicted molar refractivity (Wildman–Crippen MR) is 412 cm³/mol. The lowest BCUT2D eigenvalue weighted by Crippen LogP contribution is -2.35. The summed E-state index contributed by atoms with van der Waals surface area (Å²) < 4.78 is 49.6. The molecule has 0 saturated carbocycles. The van der Waals surface area contributed by atoms with Gasteiger partial charge in [0.05, 0.1) is 0 Å². The van der Waals surface area contributed by atoms with Crippen LogP contribution in [0.25, 0.3) is 43.6 Å². The second kappa shape index (κ2) is 29.5. The van der Waals surface area contributed by atoms with Gasteiger partial charge in [-0.05, 0) is 245 Å². The van der Waals surface area contributed by atoms with Crippen molar-refractivity contribution in [3.05, 3.63) is 282 Å². The minimum Gasteiger partial charge on any atom is -0.344 e. The van der Waals surface area contributed by atoms with E-state index in [0.717, 1.165) is 118 Å². The summed E-state index contributed by atoms with van der Waals surface area (Å²) in [7, 11) is 0. The van der Waals surface area contributed by atoms with Crippen LogP contribution < -0.4 is 0 Å². The first-order valence-corrected chi connectivity index (χ1v) is 38.8. The van der Waals surface area contributed by atoms with E-state index in [1.807, 2.05) is 54.6 Å². The number of rotatable bonds is 12. The summed E-state index contributed by atoms with van der Waals surface area (Å²) in [6, 6.07) is 62.1. The van der Waals surface area contributed by atoms with Crippen molar-refractivity contribution >= 4 is 78.4 Å². The van der Waals surface area contributed by atoms with E-state index in [0.29, 0.717) is 18.1 Å². The molecule has 8 aliphatic rings. The highest BCUT2D eigenvalue weighted by molar-refractivity contribution is 6.32. The van der Waals surface area contributed by atoms with Crippen molar-refractivity contribution in [1.82, 2.24) is 37.9 Å². The lowest BCUT2D eigenvalue weighted by Gasteiger charge is -2.31. The van der Waals surface area contributed by atoms with Crippen LogP contribution in [-0.4, -0.2) is 88.7 Å². The Bertz CT molecular complexity index is 4840. The van der Waals surface area contributed by atoms with Crippen molar-refractivity contribution in [3.63, 3.8) is 0 Å². The van der Waals surface area contributed by atoms with Gasteiger partial charge in [0.15, 0.2) is 0 Å². The van der Waals surface area contributed by atoms with Gasteiger partial charge in [-0.25, -0.2) is 13.2 Å². The molecule has 0 bridgehead atoms. The second-order valence-corrected chi connectivity index (χ2v) is 31.3. The zero-order chi connectivity index (χ0) is 69.0. The molecule has 524 valence electrons. The van der Waals surface area contributed by atoms with Crippen molar-refractivity contribution in [1.29, 1.82) is 0 Å². The Balaban J connectivity index is 0.000000101. The Hall–Kier alpha value is -7.58. The number of fused-ring (bicyclic) bond motifs is 17. The quantitative estimate of drug-likeness (QED) is 0.122. The van der Waals surface area contributed by atoms with Crippen LogP contribution in [0.1, 0.15) is 125 Å². The van der Waals surface area contributed by atoms with Crippen LogP contribution in [0.15, 0.2) is 182 Å². The van der Waals surface area contributed by atoms with Gasteiger partial charge in [-0.1, -0.05) is 120 Å². The zero-order valence-electron chi connectivity index (χ0n) is 58.3. The molecule has 20 rings (SSSR count). The van der Waals surface area contributed by atoms with E-state index in [2.05, 4.69) is 129 Å². The van der Waals surface area contributed by atoms with Crippen LogP contribution in [0.3, 0.4) is 0 Å². The van der Waals surface area contributed by atoms with Gasteiger partial charge in [0, 0.05) is 184 Å². The normalized spacial score (nSPS) is 19.8. The molecule has 0 aliphatic carbocycles. The summed E-state index contributed by atoms with van der Waals surface area (Å²) in [5, 5.41) is 7.83. The van der Waals surface area contributed by atoms with Crippen molar-refractivity contribution in [2.24, 2.45) is 0 Å². The molecule has 8 aliphatic heterocycles. The Morgan fingerprint density at radius 2 is 0.676 bits per heavy atom. The third-order valence-electron chi connectivity index (χ3n) is 24.1. The van der Waals surface area contributed by atoms with Gasteiger partial charge in [0.1, 0.15) is 17.5 Å². The molecule has 4 atom stereocenters. The summed E-state index contributed by atoms with van der Waals surface area (Å²) in [6.07, 6.45) is 18.9. The van der Waals surface area contributed by atoms with Crippen LogP contribution in [0.4, 0.5) is 13.2 Å². The molecular weight excluding hydrogens is 1330 g/mol. The summed E-state index contributed by atoms with van der Waals surface area (Å²) in [5.41, 5.74) is 22.3. The Morgan fingerprint density at radius 1 is 0.324 bits per heavy atom. The molecule has 12 heterocycles.